The van der Waals surface area contributed by atoms with E-state index in [-0.39, 0.29) is 0 Å². The van der Waals surface area contributed by atoms with Crippen LogP contribution in [0.25, 0.3) is 0 Å². The SMILES string of the molecule is CCCCCC(C)C(C)(O)C(F)(F)F. The lowest BCUT2D eigenvalue weighted by atomic mass is 9.86. The fourth-order valence-electron chi connectivity index (χ4n) is 1.26. The molecule has 0 aromatic heterocycles. The highest BCUT2D eigenvalue weighted by Crippen LogP contribution is 2.37. The molecule has 0 aromatic rings. The number of unbranched alkanes of at least 4 members (excludes halogenated alkanes) is 2. The van der Waals surface area contributed by atoms with Crippen LogP contribution >= 0.6 is 0 Å². The van der Waals surface area contributed by atoms with Crippen molar-refractivity contribution in [2.24, 2.45) is 5.92 Å². The third-order valence-electron chi connectivity index (χ3n) is 2.77. The van der Waals surface area contributed by atoms with Crippen molar-refractivity contribution in [3.05, 3.63) is 0 Å². The maximum Gasteiger partial charge on any atom is 0.417 e. The van der Waals surface area contributed by atoms with Crippen LogP contribution in [-0.4, -0.2) is 16.9 Å². The lowest BCUT2D eigenvalue weighted by Crippen LogP contribution is -2.47. The zero-order valence-electron chi connectivity index (χ0n) is 8.99. The van der Waals surface area contributed by atoms with E-state index in [0.717, 1.165) is 26.2 Å². The first-order chi connectivity index (χ1) is 6.23. The Balaban J connectivity index is 4.15. The molecule has 14 heavy (non-hydrogen) atoms. The average Bonchev–Trinajstić information content (AvgIpc) is 2.02. The van der Waals surface area contributed by atoms with Crippen LogP contribution in [0.3, 0.4) is 0 Å². The lowest BCUT2D eigenvalue weighted by molar-refractivity contribution is -0.270. The van der Waals surface area contributed by atoms with Gasteiger partial charge in [-0.05, 0) is 19.3 Å². The topological polar surface area (TPSA) is 20.2 Å². The second kappa shape index (κ2) is 5.01. The van der Waals surface area contributed by atoms with Crippen LogP contribution in [0.1, 0.15) is 46.5 Å². The van der Waals surface area contributed by atoms with Crippen LogP contribution in [0.5, 0.6) is 0 Å². The van der Waals surface area contributed by atoms with E-state index >= 15 is 0 Å². The predicted molar refractivity (Wildman–Crippen MR) is 50.0 cm³/mol. The van der Waals surface area contributed by atoms with Gasteiger partial charge in [-0.1, -0.05) is 33.1 Å². The predicted octanol–water partition coefficient (Wildman–Crippen LogP) is 3.52. The van der Waals surface area contributed by atoms with Gasteiger partial charge in [-0.2, -0.15) is 13.2 Å². The van der Waals surface area contributed by atoms with E-state index in [0.29, 0.717) is 6.42 Å². The Labute approximate surface area is 83.3 Å². The molecule has 4 heteroatoms. The van der Waals surface area contributed by atoms with Crippen LogP contribution in [0, 0.1) is 5.92 Å². The van der Waals surface area contributed by atoms with Gasteiger partial charge in [0.1, 0.15) is 0 Å². The van der Waals surface area contributed by atoms with E-state index in [9.17, 15) is 18.3 Å². The number of aliphatic hydroxyl groups is 1. The Bertz CT molecular complexity index is 163. The third kappa shape index (κ3) is 3.48. The minimum Gasteiger partial charge on any atom is -0.380 e. The number of hydrogen-bond donors (Lipinski definition) is 1. The van der Waals surface area contributed by atoms with Gasteiger partial charge in [0, 0.05) is 0 Å². The summed E-state index contributed by atoms with van der Waals surface area (Å²) in [5.74, 6) is -0.742. The fraction of sp³-hybridized carbons (Fsp3) is 1.00. The molecule has 86 valence electrons. The van der Waals surface area contributed by atoms with Crippen molar-refractivity contribution >= 4 is 0 Å². The first-order valence-electron chi connectivity index (χ1n) is 5.02. The Morgan fingerprint density at radius 1 is 1.21 bits per heavy atom. The Morgan fingerprint density at radius 2 is 1.71 bits per heavy atom. The van der Waals surface area contributed by atoms with Gasteiger partial charge in [0.15, 0.2) is 5.60 Å². The minimum absolute atomic E-state index is 0.417. The van der Waals surface area contributed by atoms with Gasteiger partial charge >= 0.3 is 6.18 Å². The molecule has 0 aliphatic heterocycles. The number of halogens is 3. The van der Waals surface area contributed by atoms with E-state index in [2.05, 4.69) is 0 Å². The minimum atomic E-state index is -4.53. The van der Waals surface area contributed by atoms with Gasteiger partial charge in [-0.3, -0.25) is 0 Å². The molecule has 1 nitrogen and oxygen atoms in total. The molecule has 0 amide bonds. The molecule has 0 radical (unpaired) electrons. The van der Waals surface area contributed by atoms with Gasteiger partial charge in [-0.25, -0.2) is 0 Å². The maximum absolute atomic E-state index is 12.3. The normalized spacial score (nSPS) is 19.1. The largest absolute Gasteiger partial charge is 0.417 e. The molecule has 0 saturated carbocycles. The van der Waals surface area contributed by atoms with E-state index in [1.165, 1.54) is 6.92 Å². The van der Waals surface area contributed by atoms with E-state index in [1.54, 1.807) is 0 Å². The summed E-state index contributed by atoms with van der Waals surface area (Å²) in [6.45, 7) is 4.29. The number of rotatable bonds is 5. The first kappa shape index (κ1) is 13.8. The molecule has 0 bridgehead atoms. The summed E-state index contributed by atoms with van der Waals surface area (Å²) >= 11 is 0. The maximum atomic E-state index is 12.3. The van der Waals surface area contributed by atoms with Crippen LogP contribution in [0.2, 0.25) is 0 Å². The molecule has 2 unspecified atom stereocenters. The first-order valence-corrected chi connectivity index (χ1v) is 5.02. The second-order valence-electron chi connectivity index (χ2n) is 4.04. The lowest BCUT2D eigenvalue weighted by Gasteiger charge is -2.32. The summed E-state index contributed by atoms with van der Waals surface area (Å²) < 4.78 is 37.0. The van der Waals surface area contributed by atoms with Crippen LogP contribution < -0.4 is 0 Å². The molecule has 1 N–H and O–H groups in total. The van der Waals surface area contributed by atoms with Crippen molar-refractivity contribution in [1.82, 2.24) is 0 Å². The molecule has 0 rings (SSSR count). The summed E-state index contributed by atoms with van der Waals surface area (Å²) in [6.07, 6.45) is -1.48. The van der Waals surface area contributed by atoms with Crippen molar-refractivity contribution in [2.75, 3.05) is 0 Å². The highest BCUT2D eigenvalue weighted by Gasteiger charge is 2.52. The van der Waals surface area contributed by atoms with Crippen LogP contribution in [0.4, 0.5) is 13.2 Å². The van der Waals surface area contributed by atoms with Crippen LogP contribution in [-0.2, 0) is 0 Å². The fourth-order valence-corrected chi connectivity index (χ4v) is 1.26. The molecule has 0 spiro atoms. The van der Waals surface area contributed by atoms with Crippen molar-refractivity contribution in [2.45, 2.75) is 58.2 Å². The Hall–Kier alpha value is -0.250. The van der Waals surface area contributed by atoms with Crippen molar-refractivity contribution in [3.63, 3.8) is 0 Å². The molecular weight excluding hydrogens is 193 g/mol. The number of alkyl halides is 3. The van der Waals surface area contributed by atoms with E-state index in [1.807, 2.05) is 6.92 Å². The van der Waals surface area contributed by atoms with Crippen molar-refractivity contribution in [1.29, 1.82) is 0 Å². The quantitative estimate of drug-likeness (QED) is 0.691. The highest BCUT2D eigenvalue weighted by molar-refractivity contribution is 4.86. The third-order valence-corrected chi connectivity index (χ3v) is 2.77. The average molecular weight is 212 g/mol. The summed E-state index contributed by atoms with van der Waals surface area (Å²) in [5, 5.41) is 9.29. The van der Waals surface area contributed by atoms with Gasteiger partial charge in [-0.15, -0.1) is 0 Å². The van der Waals surface area contributed by atoms with Crippen molar-refractivity contribution in [3.8, 4) is 0 Å². The summed E-state index contributed by atoms with van der Waals surface area (Å²) in [4.78, 5) is 0. The molecule has 0 heterocycles. The summed E-state index contributed by atoms with van der Waals surface area (Å²) in [7, 11) is 0. The summed E-state index contributed by atoms with van der Waals surface area (Å²) in [6, 6.07) is 0. The summed E-state index contributed by atoms with van der Waals surface area (Å²) in [5.41, 5.74) is -2.55. The van der Waals surface area contributed by atoms with E-state index < -0.39 is 17.7 Å². The molecule has 0 fully saturated rings. The van der Waals surface area contributed by atoms with Crippen molar-refractivity contribution < 1.29 is 18.3 Å². The van der Waals surface area contributed by atoms with Gasteiger partial charge in [0.05, 0.1) is 0 Å². The van der Waals surface area contributed by atoms with Gasteiger partial charge in [0.2, 0.25) is 0 Å². The second-order valence-corrected chi connectivity index (χ2v) is 4.04. The highest BCUT2D eigenvalue weighted by atomic mass is 19.4. The van der Waals surface area contributed by atoms with E-state index in [4.69, 9.17) is 0 Å². The molecule has 0 aromatic carbocycles. The standard InChI is InChI=1S/C10H19F3O/c1-4-5-6-7-8(2)9(3,14)10(11,12)13/h8,14H,4-7H2,1-3H3. The zero-order chi connectivity index (χ0) is 11.4. The van der Waals surface area contributed by atoms with Gasteiger partial charge < -0.3 is 5.11 Å². The molecule has 0 aliphatic carbocycles. The Kier molecular flexibility index (Phi) is 4.92. The molecule has 2 atom stereocenters. The molecular formula is C10H19F3O. The smallest absolute Gasteiger partial charge is 0.380 e. The monoisotopic (exact) mass is 212 g/mol. The van der Waals surface area contributed by atoms with Crippen LogP contribution in [0.15, 0.2) is 0 Å². The molecule has 0 saturated heterocycles. The number of hydrogen-bond acceptors (Lipinski definition) is 1. The zero-order valence-corrected chi connectivity index (χ0v) is 8.99. The Morgan fingerprint density at radius 3 is 2.07 bits per heavy atom. The van der Waals surface area contributed by atoms with Gasteiger partial charge in [0.25, 0.3) is 0 Å². The molecule has 0 aliphatic rings.